The average molecular weight is 324 g/mol. The number of Topliss-reactive ketones (excluding diaryl/α,β-unsaturated/α-hetero) is 1. The van der Waals surface area contributed by atoms with Crippen molar-refractivity contribution in [3.8, 4) is 0 Å². The second kappa shape index (κ2) is 4.86. The minimum atomic E-state index is -0.604. The number of halogens is 2. The zero-order chi connectivity index (χ0) is 15.3. The molecule has 0 spiro atoms. The van der Waals surface area contributed by atoms with E-state index in [1.807, 2.05) is 0 Å². The van der Waals surface area contributed by atoms with E-state index in [0.717, 1.165) is 0 Å². The van der Waals surface area contributed by atoms with E-state index >= 15 is 0 Å². The van der Waals surface area contributed by atoms with E-state index in [2.05, 4.69) is 5.10 Å². The first-order chi connectivity index (χ1) is 9.91. The van der Waals surface area contributed by atoms with Gasteiger partial charge in [0.2, 0.25) is 0 Å². The van der Waals surface area contributed by atoms with Crippen molar-refractivity contribution in [2.45, 2.75) is 13.5 Å². The molecule has 1 aliphatic heterocycles. The summed E-state index contributed by atoms with van der Waals surface area (Å²) < 4.78 is 1.61. The molecule has 2 aromatic rings. The van der Waals surface area contributed by atoms with Crippen molar-refractivity contribution < 1.29 is 9.59 Å². The summed E-state index contributed by atoms with van der Waals surface area (Å²) in [7, 11) is 1.75. The molecular formula is C14H11Cl2N3O2. The molecule has 1 aliphatic rings. The van der Waals surface area contributed by atoms with Crippen LogP contribution in [0.2, 0.25) is 10.0 Å². The monoisotopic (exact) mass is 323 g/mol. The number of aromatic nitrogens is 2. The number of carbonyl (C=O) groups excluding carboxylic acids is 2. The van der Waals surface area contributed by atoms with Crippen molar-refractivity contribution in [3.05, 3.63) is 45.2 Å². The number of anilines is 1. The molecule has 0 saturated heterocycles. The van der Waals surface area contributed by atoms with Gasteiger partial charge in [0.1, 0.15) is 0 Å². The Morgan fingerprint density at radius 2 is 1.95 bits per heavy atom. The largest absolute Gasteiger partial charge is 0.299 e. The lowest BCUT2D eigenvalue weighted by atomic mass is 10.1. The molecule has 0 radical (unpaired) electrons. The molecule has 1 aromatic heterocycles. The Kier molecular flexibility index (Phi) is 3.26. The predicted octanol–water partition coefficient (Wildman–Crippen LogP) is 2.76. The van der Waals surface area contributed by atoms with Gasteiger partial charge in [0.15, 0.2) is 0 Å². The van der Waals surface area contributed by atoms with Crippen molar-refractivity contribution in [2.75, 3.05) is 4.90 Å². The van der Waals surface area contributed by atoms with Gasteiger partial charge < -0.3 is 0 Å². The summed E-state index contributed by atoms with van der Waals surface area (Å²) in [6, 6.07) is 4.99. The van der Waals surface area contributed by atoms with Crippen LogP contribution in [0.1, 0.15) is 21.7 Å². The van der Waals surface area contributed by atoms with Gasteiger partial charge in [0.05, 0.1) is 39.2 Å². The molecule has 108 valence electrons. The number of benzene rings is 1. The molecule has 1 amide bonds. The first kappa shape index (κ1) is 14.1. The maximum absolute atomic E-state index is 12.2. The number of aryl methyl sites for hydroxylation is 2. The molecule has 5 nitrogen and oxygen atoms in total. The lowest BCUT2D eigenvalue weighted by Gasteiger charge is -2.16. The van der Waals surface area contributed by atoms with Crippen LogP contribution in [0.3, 0.4) is 0 Å². The number of hydrogen-bond donors (Lipinski definition) is 0. The summed E-state index contributed by atoms with van der Waals surface area (Å²) in [5.74, 6) is -1.20. The van der Waals surface area contributed by atoms with Gasteiger partial charge in [-0.3, -0.25) is 19.2 Å². The summed E-state index contributed by atoms with van der Waals surface area (Å²) >= 11 is 12.2. The van der Waals surface area contributed by atoms with Crippen LogP contribution >= 0.6 is 23.2 Å². The number of fused-ring (bicyclic) bond motifs is 1. The van der Waals surface area contributed by atoms with Crippen LogP contribution in [-0.2, 0) is 18.4 Å². The summed E-state index contributed by atoms with van der Waals surface area (Å²) in [5, 5.41) is 4.98. The highest BCUT2D eigenvalue weighted by molar-refractivity contribution is 6.55. The van der Waals surface area contributed by atoms with E-state index in [1.54, 1.807) is 36.9 Å². The zero-order valence-corrected chi connectivity index (χ0v) is 12.9. The maximum Gasteiger partial charge on any atom is 0.299 e. The lowest BCUT2D eigenvalue weighted by Crippen LogP contribution is -2.30. The molecule has 7 heteroatoms. The quantitative estimate of drug-likeness (QED) is 0.798. The number of hydrogen-bond acceptors (Lipinski definition) is 3. The molecule has 0 bridgehead atoms. The first-order valence-electron chi connectivity index (χ1n) is 6.24. The second-order valence-corrected chi connectivity index (χ2v) is 5.61. The Morgan fingerprint density at radius 3 is 2.57 bits per heavy atom. The number of rotatable bonds is 2. The summed E-state index contributed by atoms with van der Waals surface area (Å²) in [6.07, 6.45) is 0. The van der Waals surface area contributed by atoms with Crippen LogP contribution in [0.15, 0.2) is 18.2 Å². The normalized spacial score (nSPS) is 14.0. The predicted molar refractivity (Wildman–Crippen MR) is 79.9 cm³/mol. The summed E-state index contributed by atoms with van der Waals surface area (Å²) in [6.45, 7) is 1.96. The standard InChI is InChI=1S/C14H11Cl2N3O2/c1-7-12(16)10(18(2)17-7)6-19-9-5-3-4-8(15)11(9)13(20)14(19)21/h3-5H,6H2,1-2H3. The Bertz CT molecular complexity index is 783. The average Bonchev–Trinajstić information content (AvgIpc) is 2.82. The van der Waals surface area contributed by atoms with Gasteiger partial charge in [-0.2, -0.15) is 5.10 Å². The third kappa shape index (κ3) is 2.04. The molecule has 1 aromatic carbocycles. The van der Waals surface area contributed by atoms with Crippen LogP contribution in [0.4, 0.5) is 5.69 Å². The van der Waals surface area contributed by atoms with Crippen LogP contribution < -0.4 is 4.90 Å². The van der Waals surface area contributed by atoms with Crippen LogP contribution in [0.5, 0.6) is 0 Å². The fraction of sp³-hybridized carbons (Fsp3) is 0.214. The van der Waals surface area contributed by atoms with Gasteiger partial charge in [-0.05, 0) is 19.1 Å². The minimum absolute atomic E-state index is 0.175. The van der Waals surface area contributed by atoms with Gasteiger partial charge in [-0.25, -0.2) is 0 Å². The Hall–Kier alpha value is -1.85. The first-order valence-corrected chi connectivity index (χ1v) is 7.00. The van der Waals surface area contributed by atoms with E-state index < -0.39 is 11.7 Å². The van der Waals surface area contributed by atoms with Crippen LogP contribution in [0.25, 0.3) is 0 Å². The number of nitrogens with zero attached hydrogens (tertiary/aromatic N) is 3. The van der Waals surface area contributed by atoms with Gasteiger partial charge in [-0.1, -0.05) is 29.3 Å². The zero-order valence-electron chi connectivity index (χ0n) is 11.4. The Labute approximate surface area is 131 Å². The molecule has 0 saturated carbocycles. The highest BCUT2D eigenvalue weighted by atomic mass is 35.5. The molecule has 0 N–H and O–H groups in total. The minimum Gasteiger partial charge on any atom is -0.299 e. The van der Waals surface area contributed by atoms with Gasteiger partial charge in [0.25, 0.3) is 11.7 Å². The van der Waals surface area contributed by atoms with E-state index in [9.17, 15) is 9.59 Å². The van der Waals surface area contributed by atoms with Crippen molar-refractivity contribution in [1.29, 1.82) is 0 Å². The SMILES string of the molecule is Cc1nn(C)c(CN2C(=O)C(=O)c3c(Cl)cccc32)c1Cl. The molecule has 3 rings (SSSR count). The van der Waals surface area contributed by atoms with Gasteiger partial charge in [-0.15, -0.1) is 0 Å². The van der Waals surface area contributed by atoms with Crippen molar-refractivity contribution >= 4 is 40.6 Å². The molecule has 0 fully saturated rings. The topological polar surface area (TPSA) is 55.2 Å². The smallest absolute Gasteiger partial charge is 0.299 e. The Balaban J connectivity index is 2.07. The maximum atomic E-state index is 12.2. The van der Waals surface area contributed by atoms with E-state index in [1.165, 1.54) is 4.90 Å². The van der Waals surface area contributed by atoms with E-state index in [0.29, 0.717) is 22.1 Å². The highest BCUT2D eigenvalue weighted by Crippen LogP contribution is 2.35. The molecular weight excluding hydrogens is 313 g/mol. The number of carbonyl (C=O) groups is 2. The van der Waals surface area contributed by atoms with Crippen molar-refractivity contribution in [1.82, 2.24) is 9.78 Å². The molecule has 0 atom stereocenters. The van der Waals surface area contributed by atoms with Gasteiger partial charge >= 0.3 is 0 Å². The fourth-order valence-electron chi connectivity index (χ4n) is 2.46. The number of ketones is 1. The van der Waals surface area contributed by atoms with Crippen molar-refractivity contribution in [2.24, 2.45) is 7.05 Å². The second-order valence-electron chi connectivity index (χ2n) is 4.82. The third-order valence-electron chi connectivity index (χ3n) is 3.52. The molecule has 0 aliphatic carbocycles. The third-order valence-corrected chi connectivity index (χ3v) is 4.33. The summed E-state index contributed by atoms with van der Waals surface area (Å²) in [5.41, 5.74) is 2.10. The van der Waals surface area contributed by atoms with Crippen LogP contribution in [-0.4, -0.2) is 21.5 Å². The van der Waals surface area contributed by atoms with E-state index in [-0.39, 0.29) is 17.1 Å². The molecule has 2 heterocycles. The van der Waals surface area contributed by atoms with E-state index in [4.69, 9.17) is 23.2 Å². The highest BCUT2D eigenvalue weighted by Gasteiger charge is 2.38. The Morgan fingerprint density at radius 1 is 1.24 bits per heavy atom. The van der Waals surface area contributed by atoms with Crippen molar-refractivity contribution in [3.63, 3.8) is 0 Å². The molecule has 21 heavy (non-hydrogen) atoms. The fourth-order valence-corrected chi connectivity index (χ4v) is 2.94. The van der Waals surface area contributed by atoms with Crippen LogP contribution in [0, 0.1) is 6.92 Å². The molecule has 0 unspecified atom stereocenters. The van der Waals surface area contributed by atoms with Gasteiger partial charge in [0, 0.05) is 7.05 Å². The lowest BCUT2D eigenvalue weighted by molar-refractivity contribution is -0.114. The number of amides is 1. The summed E-state index contributed by atoms with van der Waals surface area (Å²) in [4.78, 5) is 25.6.